The second-order valence-corrected chi connectivity index (χ2v) is 7.28. The summed E-state index contributed by atoms with van der Waals surface area (Å²) in [5.74, 6) is -0.215. The predicted octanol–water partition coefficient (Wildman–Crippen LogP) is 4.70. The van der Waals surface area contributed by atoms with Crippen molar-refractivity contribution in [1.29, 1.82) is 0 Å². The van der Waals surface area contributed by atoms with Crippen LogP contribution in [0.1, 0.15) is 11.3 Å². The van der Waals surface area contributed by atoms with E-state index in [4.69, 9.17) is 4.42 Å². The van der Waals surface area contributed by atoms with Crippen molar-refractivity contribution in [1.82, 2.24) is 15.2 Å². The van der Waals surface area contributed by atoms with Crippen molar-refractivity contribution in [2.45, 2.75) is 19.1 Å². The molecule has 0 spiro atoms. The molecule has 2 N–H and O–H groups in total. The van der Waals surface area contributed by atoms with Crippen LogP contribution in [0.3, 0.4) is 0 Å². The number of aromatic amines is 1. The molecule has 0 radical (unpaired) electrons. The minimum Gasteiger partial charge on any atom is -0.411 e. The number of H-pyrrole nitrogens is 1. The van der Waals surface area contributed by atoms with Crippen LogP contribution in [0.15, 0.2) is 52.1 Å². The maximum Gasteiger partial charge on any atom is 0.277 e. The molecule has 2 aromatic carbocycles. The van der Waals surface area contributed by atoms with E-state index in [1.807, 2.05) is 25.1 Å². The highest BCUT2D eigenvalue weighted by atomic mass is 32.2. The van der Waals surface area contributed by atoms with E-state index in [9.17, 15) is 9.18 Å². The number of anilines is 1. The molecule has 8 heteroatoms. The minimum atomic E-state index is -0.406. The average Bonchev–Trinajstić information content (AvgIpc) is 3.25. The number of carbonyl (C=O) groups excluding carboxylic acids is 1. The zero-order valence-corrected chi connectivity index (χ0v) is 16.1. The maximum atomic E-state index is 13.2. The molecular formula is C20H17FN4O2S. The van der Waals surface area contributed by atoms with Crippen LogP contribution in [0, 0.1) is 19.7 Å². The lowest BCUT2D eigenvalue weighted by molar-refractivity contribution is -0.113. The number of aryl methyl sites for hydroxylation is 2. The largest absolute Gasteiger partial charge is 0.411 e. The fourth-order valence-corrected chi connectivity index (χ4v) is 3.43. The van der Waals surface area contributed by atoms with Gasteiger partial charge in [0, 0.05) is 27.8 Å². The first-order valence-electron chi connectivity index (χ1n) is 8.60. The highest BCUT2D eigenvalue weighted by Gasteiger charge is 2.13. The van der Waals surface area contributed by atoms with Gasteiger partial charge in [-0.25, -0.2) is 4.39 Å². The molecular weight excluding hydrogens is 379 g/mol. The summed E-state index contributed by atoms with van der Waals surface area (Å²) < 4.78 is 18.8. The standard InChI is InChI=1S/C20H17FN4O2S/c1-11-12(2)22-17-7-6-13(8-16(11)17)19-24-25-20(27-19)28-10-18(26)23-15-5-3-4-14(21)9-15/h3-9,22H,10H2,1-2H3,(H,23,26). The molecule has 0 fully saturated rings. The number of amides is 1. The van der Waals surface area contributed by atoms with Gasteiger partial charge < -0.3 is 14.7 Å². The Morgan fingerprint density at radius 3 is 2.89 bits per heavy atom. The number of rotatable bonds is 5. The Morgan fingerprint density at radius 2 is 2.07 bits per heavy atom. The second-order valence-electron chi connectivity index (χ2n) is 6.36. The first-order chi connectivity index (χ1) is 13.5. The van der Waals surface area contributed by atoms with Crippen LogP contribution in [-0.4, -0.2) is 26.8 Å². The van der Waals surface area contributed by atoms with Crippen molar-refractivity contribution in [3.05, 3.63) is 59.5 Å². The molecule has 0 unspecified atom stereocenters. The van der Waals surface area contributed by atoms with E-state index < -0.39 is 5.82 Å². The predicted molar refractivity (Wildman–Crippen MR) is 107 cm³/mol. The van der Waals surface area contributed by atoms with Crippen LogP contribution in [-0.2, 0) is 4.79 Å². The monoisotopic (exact) mass is 396 g/mol. The number of nitrogens with zero attached hydrogens (tertiary/aromatic N) is 2. The van der Waals surface area contributed by atoms with Gasteiger partial charge in [0.1, 0.15) is 5.82 Å². The molecule has 0 saturated heterocycles. The number of halogens is 1. The molecule has 6 nitrogen and oxygen atoms in total. The van der Waals surface area contributed by atoms with Crippen molar-refractivity contribution >= 4 is 34.3 Å². The summed E-state index contributed by atoms with van der Waals surface area (Å²) in [5, 5.41) is 12.1. The van der Waals surface area contributed by atoms with Crippen LogP contribution < -0.4 is 5.32 Å². The van der Waals surface area contributed by atoms with Crippen LogP contribution in [0.5, 0.6) is 0 Å². The Labute approximate surface area is 164 Å². The summed E-state index contributed by atoms with van der Waals surface area (Å²) in [4.78, 5) is 15.3. The summed E-state index contributed by atoms with van der Waals surface area (Å²) in [6, 6.07) is 11.6. The average molecular weight is 396 g/mol. The zero-order chi connectivity index (χ0) is 19.7. The Hall–Kier alpha value is -3.13. The first-order valence-corrected chi connectivity index (χ1v) is 9.59. The van der Waals surface area contributed by atoms with Crippen molar-refractivity contribution in [3.8, 4) is 11.5 Å². The number of hydrogen-bond donors (Lipinski definition) is 2. The molecule has 0 saturated carbocycles. The van der Waals surface area contributed by atoms with E-state index in [-0.39, 0.29) is 11.7 Å². The molecule has 4 aromatic rings. The van der Waals surface area contributed by atoms with Gasteiger partial charge in [0.2, 0.25) is 11.8 Å². The maximum absolute atomic E-state index is 13.2. The van der Waals surface area contributed by atoms with E-state index >= 15 is 0 Å². The number of thioether (sulfide) groups is 1. The molecule has 1 amide bonds. The fourth-order valence-electron chi connectivity index (χ4n) is 2.87. The number of carbonyl (C=O) groups is 1. The number of benzene rings is 2. The van der Waals surface area contributed by atoms with E-state index in [0.717, 1.165) is 33.9 Å². The fraction of sp³-hybridized carbons (Fsp3) is 0.150. The van der Waals surface area contributed by atoms with E-state index in [0.29, 0.717) is 16.8 Å². The van der Waals surface area contributed by atoms with Gasteiger partial charge in [0.15, 0.2) is 0 Å². The lowest BCUT2D eigenvalue weighted by Gasteiger charge is -2.03. The first kappa shape index (κ1) is 18.2. The van der Waals surface area contributed by atoms with Gasteiger partial charge in [-0.3, -0.25) is 4.79 Å². The van der Waals surface area contributed by atoms with Gasteiger partial charge in [0.25, 0.3) is 5.22 Å². The number of aromatic nitrogens is 3. The molecule has 2 heterocycles. The molecule has 0 aliphatic carbocycles. The highest BCUT2D eigenvalue weighted by Crippen LogP contribution is 2.28. The molecule has 0 aliphatic rings. The second kappa shape index (κ2) is 7.47. The van der Waals surface area contributed by atoms with Gasteiger partial charge in [-0.15, -0.1) is 10.2 Å². The van der Waals surface area contributed by atoms with Crippen molar-refractivity contribution in [3.63, 3.8) is 0 Å². The van der Waals surface area contributed by atoms with Gasteiger partial charge in [-0.1, -0.05) is 17.8 Å². The highest BCUT2D eigenvalue weighted by molar-refractivity contribution is 7.99. The van der Waals surface area contributed by atoms with Crippen molar-refractivity contribution in [2.75, 3.05) is 11.1 Å². The zero-order valence-electron chi connectivity index (χ0n) is 15.2. The Balaban J connectivity index is 1.43. The quantitative estimate of drug-likeness (QED) is 0.478. The minimum absolute atomic E-state index is 0.0767. The van der Waals surface area contributed by atoms with Crippen molar-refractivity contribution in [2.24, 2.45) is 0 Å². The molecule has 0 atom stereocenters. The number of hydrogen-bond acceptors (Lipinski definition) is 5. The number of fused-ring (bicyclic) bond motifs is 1. The summed E-state index contributed by atoms with van der Waals surface area (Å²) in [6.07, 6.45) is 0. The summed E-state index contributed by atoms with van der Waals surface area (Å²) >= 11 is 1.13. The van der Waals surface area contributed by atoms with E-state index in [1.54, 1.807) is 6.07 Å². The van der Waals surface area contributed by atoms with Crippen LogP contribution in [0.2, 0.25) is 0 Å². The Kier molecular flexibility index (Phi) is 4.87. The molecule has 142 valence electrons. The van der Waals surface area contributed by atoms with Crippen LogP contribution in [0.25, 0.3) is 22.4 Å². The van der Waals surface area contributed by atoms with Gasteiger partial charge in [-0.05, 0) is 55.8 Å². The van der Waals surface area contributed by atoms with Gasteiger partial charge >= 0.3 is 0 Å². The van der Waals surface area contributed by atoms with E-state index in [1.165, 1.54) is 23.8 Å². The third kappa shape index (κ3) is 3.77. The van der Waals surface area contributed by atoms with Crippen LogP contribution in [0.4, 0.5) is 10.1 Å². The van der Waals surface area contributed by atoms with Crippen LogP contribution >= 0.6 is 11.8 Å². The normalized spacial score (nSPS) is 11.1. The smallest absolute Gasteiger partial charge is 0.277 e. The van der Waals surface area contributed by atoms with Gasteiger partial charge in [-0.2, -0.15) is 0 Å². The Bertz CT molecular complexity index is 1170. The molecule has 28 heavy (non-hydrogen) atoms. The van der Waals surface area contributed by atoms with E-state index in [2.05, 4.69) is 27.4 Å². The number of nitrogens with one attached hydrogen (secondary N) is 2. The Morgan fingerprint density at radius 1 is 1.21 bits per heavy atom. The summed E-state index contributed by atoms with van der Waals surface area (Å²) in [6.45, 7) is 4.09. The third-order valence-corrected chi connectivity index (χ3v) is 5.22. The summed E-state index contributed by atoms with van der Waals surface area (Å²) in [5.41, 5.74) is 4.58. The lowest BCUT2D eigenvalue weighted by Crippen LogP contribution is -2.14. The molecule has 2 aromatic heterocycles. The lowest BCUT2D eigenvalue weighted by atomic mass is 10.1. The SMILES string of the molecule is Cc1[nH]c2ccc(-c3nnc(SCC(=O)Nc4cccc(F)c4)o3)cc2c1C. The molecule has 0 bridgehead atoms. The van der Waals surface area contributed by atoms with Crippen molar-refractivity contribution < 1.29 is 13.6 Å². The van der Waals surface area contributed by atoms with Gasteiger partial charge in [0.05, 0.1) is 5.75 Å². The summed E-state index contributed by atoms with van der Waals surface area (Å²) in [7, 11) is 0. The molecule has 0 aliphatic heterocycles. The molecule has 4 rings (SSSR count). The topological polar surface area (TPSA) is 83.8 Å². The third-order valence-electron chi connectivity index (χ3n) is 4.40.